The second-order valence-electron chi connectivity index (χ2n) is 4.52. The molecule has 82 valence electrons. The van der Waals surface area contributed by atoms with Gasteiger partial charge in [0.25, 0.3) is 0 Å². The van der Waals surface area contributed by atoms with Crippen LogP contribution in [0.5, 0.6) is 0 Å². The summed E-state index contributed by atoms with van der Waals surface area (Å²) in [5.41, 5.74) is 0. The maximum atomic E-state index is 11.7. The number of aliphatic hydroxyl groups is 1. The lowest BCUT2D eigenvalue weighted by atomic mass is 9.82. The number of nitrogens with zero attached hydrogens (tertiary/aromatic N) is 1. The summed E-state index contributed by atoms with van der Waals surface area (Å²) in [4.78, 5) is 13.5. The maximum absolute atomic E-state index is 11.7. The van der Waals surface area contributed by atoms with Crippen LogP contribution in [0.3, 0.4) is 0 Å². The SMILES string of the molecule is CCC(C)C(=O)N(C)CC1CC(O)C1. The topological polar surface area (TPSA) is 40.5 Å². The molecule has 0 aromatic rings. The summed E-state index contributed by atoms with van der Waals surface area (Å²) in [5.74, 6) is 0.877. The molecule has 1 fully saturated rings. The molecule has 1 aliphatic carbocycles. The van der Waals surface area contributed by atoms with Crippen LogP contribution >= 0.6 is 0 Å². The summed E-state index contributed by atoms with van der Waals surface area (Å²) in [5, 5.41) is 9.12. The van der Waals surface area contributed by atoms with Gasteiger partial charge in [0.1, 0.15) is 0 Å². The molecule has 1 aliphatic rings. The first-order valence-corrected chi connectivity index (χ1v) is 5.47. The largest absolute Gasteiger partial charge is 0.393 e. The van der Waals surface area contributed by atoms with Crippen LogP contribution in [0.4, 0.5) is 0 Å². The average Bonchev–Trinajstić information content (AvgIpc) is 2.12. The van der Waals surface area contributed by atoms with Crippen molar-refractivity contribution in [1.29, 1.82) is 0 Å². The maximum Gasteiger partial charge on any atom is 0.225 e. The summed E-state index contributed by atoms with van der Waals surface area (Å²) < 4.78 is 0. The van der Waals surface area contributed by atoms with Gasteiger partial charge in [0.05, 0.1) is 6.10 Å². The first-order chi connectivity index (χ1) is 6.54. The minimum absolute atomic E-state index is 0.118. The van der Waals surface area contributed by atoms with E-state index in [9.17, 15) is 4.79 Å². The Morgan fingerprint density at radius 3 is 2.57 bits per heavy atom. The van der Waals surface area contributed by atoms with E-state index in [1.165, 1.54) is 0 Å². The second-order valence-corrected chi connectivity index (χ2v) is 4.52. The summed E-state index contributed by atoms with van der Waals surface area (Å²) >= 11 is 0. The molecule has 1 atom stereocenters. The Balaban J connectivity index is 2.27. The van der Waals surface area contributed by atoms with E-state index in [4.69, 9.17) is 5.11 Å². The molecule has 1 unspecified atom stereocenters. The summed E-state index contributed by atoms with van der Waals surface area (Å²) in [6.07, 6.45) is 2.50. The van der Waals surface area contributed by atoms with Gasteiger partial charge in [-0.1, -0.05) is 13.8 Å². The molecule has 3 heteroatoms. The first kappa shape index (κ1) is 11.5. The molecule has 14 heavy (non-hydrogen) atoms. The van der Waals surface area contributed by atoms with Crippen LogP contribution in [0.25, 0.3) is 0 Å². The molecule has 1 rings (SSSR count). The molecule has 0 saturated heterocycles. The Morgan fingerprint density at radius 2 is 2.14 bits per heavy atom. The van der Waals surface area contributed by atoms with E-state index in [1.54, 1.807) is 0 Å². The van der Waals surface area contributed by atoms with E-state index in [0.717, 1.165) is 25.8 Å². The zero-order chi connectivity index (χ0) is 10.7. The molecule has 3 nitrogen and oxygen atoms in total. The van der Waals surface area contributed by atoms with Gasteiger partial charge >= 0.3 is 0 Å². The van der Waals surface area contributed by atoms with Gasteiger partial charge < -0.3 is 10.0 Å². The summed E-state index contributed by atoms with van der Waals surface area (Å²) in [6.45, 7) is 4.80. The third-order valence-electron chi connectivity index (χ3n) is 3.15. The molecule has 0 radical (unpaired) electrons. The Labute approximate surface area is 86.1 Å². The second kappa shape index (κ2) is 4.78. The number of carbonyl (C=O) groups is 1. The lowest BCUT2D eigenvalue weighted by Crippen LogP contribution is -2.41. The molecule has 0 aromatic carbocycles. The monoisotopic (exact) mass is 199 g/mol. The van der Waals surface area contributed by atoms with Crippen LogP contribution in [0.1, 0.15) is 33.1 Å². The highest BCUT2D eigenvalue weighted by Crippen LogP contribution is 2.27. The van der Waals surface area contributed by atoms with Gasteiger partial charge in [-0.05, 0) is 25.2 Å². The fourth-order valence-electron chi connectivity index (χ4n) is 1.88. The van der Waals surface area contributed by atoms with E-state index >= 15 is 0 Å². The number of hydrogen-bond acceptors (Lipinski definition) is 2. The Kier molecular flexibility index (Phi) is 3.93. The van der Waals surface area contributed by atoms with E-state index in [-0.39, 0.29) is 17.9 Å². The highest BCUT2D eigenvalue weighted by Gasteiger charge is 2.29. The van der Waals surface area contributed by atoms with Gasteiger partial charge in [-0.2, -0.15) is 0 Å². The van der Waals surface area contributed by atoms with E-state index in [2.05, 4.69) is 0 Å². The van der Waals surface area contributed by atoms with Crippen LogP contribution in [0, 0.1) is 11.8 Å². The van der Waals surface area contributed by atoms with Gasteiger partial charge in [-0.25, -0.2) is 0 Å². The third kappa shape index (κ3) is 2.71. The van der Waals surface area contributed by atoms with Crippen LogP contribution < -0.4 is 0 Å². The molecule has 1 amide bonds. The lowest BCUT2D eigenvalue weighted by molar-refractivity contribution is -0.135. The molecular weight excluding hydrogens is 178 g/mol. The van der Waals surface area contributed by atoms with Crippen molar-refractivity contribution in [3.63, 3.8) is 0 Å². The summed E-state index contributed by atoms with van der Waals surface area (Å²) in [7, 11) is 1.86. The van der Waals surface area contributed by atoms with Crippen molar-refractivity contribution < 1.29 is 9.90 Å². The number of hydrogen-bond donors (Lipinski definition) is 1. The minimum Gasteiger partial charge on any atom is -0.393 e. The molecule has 0 bridgehead atoms. The van der Waals surface area contributed by atoms with Gasteiger partial charge in [0.2, 0.25) is 5.91 Å². The molecule has 1 saturated carbocycles. The fourth-order valence-corrected chi connectivity index (χ4v) is 1.88. The standard InChI is InChI=1S/C11H21NO2/c1-4-8(2)11(14)12(3)7-9-5-10(13)6-9/h8-10,13H,4-7H2,1-3H3. The number of aliphatic hydroxyl groups excluding tert-OH is 1. The number of rotatable bonds is 4. The molecule has 0 aliphatic heterocycles. The number of carbonyl (C=O) groups excluding carboxylic acids is 1. The summed E-state index contributed by atoms with van der Waals surface area (Å²) in [6, 6.07) is 0. The van der Waals surface area contributed by atoms with Crippen molar-refractivity contribution >= 4 is 5.91 Å². The van der Waals surface area contributed by atoms with Crippen molar-refractivity contribution in [3.05, 3.63) is 0 Å². The van der Waals surface area contributed by atoms with E-state index < -0.39 is 0 Å². The highest BCUT2D eigenvalue weighted by molar-refractivity contribution is 5.78. The molecule has 0 heterocycles. The fraction of sp³-hybridized carbons (Fsp3) is 0.909. The molecular formula is C11H21NO2. The zero-order valence-electron chi connectivity index (χ0n) is 9.36. The Bertz CT molecular complexity index is 199. The predicted molar refractivity (Wildman–Crippen MR) is 55.8 cm³/mol. The van der Waals surface area contributed by atoms with Crippen molar-refractivity contribution in [3.8, 4) is 0 Å². The van der Waals surface area contributed by atoms with Crippen LogP contribution in [0.15, 0.2) is 0 Å². The van der Waals surface area contributed by atoms with Gasteiger partial charge in [0, 0.05) is 19.5 Å². The van der Waals surface area contributed by atoms with Gasteiger partial charge in [-0.15, -0.1) is 0 Å². The number of amides is 1. The van der Waals surface area contributed by atoms with Crippen molar-refractivity contribution in [1.82, 2.24) is 4.90 Å². The lowest BCUT2D eigenvalue weighted by Gasteiger charge is -2.35. The normalized spacial score (nSPS) is 28.0. The van der Waals surface area contributed by atoms with Crippen molar-refractivity contribution in [2.75, 3.05) is 13.6 Å². The first-order valence-electron chi connectivity index (χ1n) is 5.47. The van der Waals surface area contributed by atoms with Crippen LogP contribution in [-0.4, -0.2) is 35.6 Å². The Hall–Kier alpha value is -0.570. The van der Waals surface area contributed by atoms with Crippen LogP contribution in [-0.2, 0) is 4.79 Å². The van der Waals surface area contributed by atoms with Gasteiger partial charge in [0.15, 0.2) is 0 Å². The molecule has 0 spiro atoms. The Morgan fingerprint density at radius 1 is 1.57 bits per heavy atom. The smallest absolute Gasteiger partial charge is 0.225 e. The third-order valence-corrected chi connectivity index (χ3v) is 3.15. The van der Waals surface area contributed by atoms with E-state index in [0.29, 0.717) is 5.92 Å². The highest BCUT2D eigenvalue weighted by atomic mass is 16.3. The quantitative estimate of drug-likeness (QED) is 0.740. The average molecular weight is 199 g/mol. The molecule has 0 aromatic heterocycles. The van der Waals surface area contributed by atoms with Gasteiger partial charge in [-0.3, -0.25) is 4.79 Å². The predicted octanol–water partition coefficient (Wildman–Crippen LogP) is 1.26. The van der Waals surface area contributed by atoms with E-state index in [1.807, 2.05) is 25.8 Å². The molecule has 1 N–H and O–H groups in total. The van der Waals surface area contributed by atoms with Crippen molar-refractivity contribution in [2.24, 2.45) is 11.8 Å². The zero-order valence-corrected chi connectivity index (χ0v) is 9.36. The minimum atomic E-state index is -0.118. The van der Waals surface area contributed by atoms with Crippen LogP contribution in [0.2, 0.25) is 0 Å². The van der Waals surface area contributed by atoms with Crippen molar-refractivity contribution in [2.45, 2.75) is 39.2 Å².